The lowest BCUT2D eigenvalue weighted by molar-refractivity contribution is -0.105. The fourth-order valence-electron chi connectivity index (χ4n) is 2.76. The second-order valence-corrected chi connectivity index (χ2v) is 6.33. The second kappa shape index (κ2) is 9.79. The zero-order chi connectivity index (χ0) is 18.9. The molecule has 0 radical (unpaired) electrons. The standard InChI is InChI=1S/C20H26N2O4/c1-14(9-15-3-6-18(26-2)7-4-15)21-12-17(24)10-16-5-8-20(25)19(11-16)22-13-23/h3-8,11,13-14,17,21,24-25H,9-10,12H2,1-2H3,(H,22,23). The minimum Gasteiger partial charge on any atom is -0.506 e. The topological polar surface area (TPSA) is 90.8 Å². The second-order valence-electron chi connectivity index (χ2n) is 6.33. The van der Waals surface area contributed by atoms with Gasteiger partial charge in [-0.25, -0.2) is 0 Å². The van der Waals surface area contributed by atoms with E-state index in [1.54, 1.807) is 19.2 Å². The summed E-state index contributed by atoms with van der Waals surface area (Å²) < 4.78 is 5.15. The molecule has 0 aromatic heterocycles. The summed E-state index contributed by atoms with van der Waals surface area (Å²) in [6.45, 7) is 2.53. The van der Waals surface area contributed by atoms with Crippen molar-refractivity contribution in [3.05, 3.63) is 53.6 Å². The zero-order valence-electron chi connectivity index (χ0n) is 15.1. The van der Waals surface area contributed by atoms with Gasteiger partial charge in [0.25, 0.3) is 0 Å². The van der Waals surface area contributed by atoms with Gasteiger partial charge in [0.05, 0.1) is 18.9 Å². The van der Waals surface area contributed by atoms with Gasteiger partial charge in [-0.3, -0.25) is 4.79 Å². The van der Waals surface area contributed by atoms with Crippen LogP contribution in [0.15, 0.2) is 42.5 Å². The average Bonchev–Trinajstić information content (AvgIpc) is 2.64. The van der Waals surface area contributed by atoms with Crippen molar-refractivity contribution in [2.24, 2.45) is 0 Å². The van der Waals surface area contributed by atoms with E-state index < -0.39 is 6.10 Å². The summed E-state index contributed by atoms with van der Waals surface area (Å²) in [6, 6.07) is 13.1. The van der Waals surface area contributed by atoms with E-state index in [1.807, 2.05) is 24.3 Å². The number of benzene rings is 2. The minimum absolute atomic E-state index is 0.00146. The van der Waals surface area contributed by atoms with Crippen LogP contribution in [0.3, 0.4) is 0 Å². The van der Waals surface area contributed by atoms with Gasteiger partial charge in [0, 0.05) is 12.6 Å². The van der Waals surface area contributed by atoms with E-state index in [0.717, 1.165) is 17.7 Å². The van der Waals surface area contributed by atoms with Crippen LogP contribution in [-0.2, 0) is 17.6 Å². The van der Waals surface area contributed by atoms with E-state index in [4.69, 9.17) is 4.74 Å². The van der Waals surface area contributed by atoms with Gasteiger partial charge in [-0.05, 0) is 55.2 Å². The monoisotopic (exact) mass is 358 g/mol. The molecule has 6 heteroatoms. The lowest BCUT2D eigenvalue weighted by Gasteiger charge is -2.18. The molecule has 0 aliphatic rings. The molecule has 2 atom stereocenters. The molecule has 0 aliphatic carbocycles. The van der Waals surface area contributed by atoms with Gasteiger partial charge in [-0.15, -0.1) is 0 Å². The highest BCUT2D eigenvalue weighted by Gasteiger charge is 2.10. The van der Waals surface area contributed by atoms with Gasteiger partial charge in [0.1, 0.15) is 11.5 Å². The van der Waals surface area contributed by atoms with Crippen LogP contribution in [-0.4, -0.2) is 42.4 Å². The summed E-state index contributed by atoms with van der Waals surface area (Å²) in [4.78, 5) is 10.5. The van der Waals surface area contributed by atoms with Crippen molar-refractivity contribution in [3.8, 4) is 11.5 Å². The maximum absolute atomic E-state index is 10.5. The van der Waals surface area contributed by atoms with Gasteiger partial charge >= 0.3 is 0 Å². The first kappa shape index (κ1) is 19.8. The molecule has 6 nitrogen and oxygen atoms in total. The number of amides is 1. The fourth-order valence-corrected chi connectivity index (χ4v) is 2.76. The van der Waals surface area contributed by atoms with E-state index in [0.29, 0.717) is 25.1 Å². The number of ether oxygens (including phenoxy) is 1. The Morgan fingerprint density at radius 2 is 1.81 bits per heavy atom. The van der Waals surface area contributed by atoms with Crippen molar-refractivity contribution in [2.45, 2.75) is 31.9 Å². The van der Waals surface area contributed by atoms with Crippen molar-refractivity contribution in [1.82, 2.24) is 5.32 Å². The van der Waals surface area contributed by atoms with Crippen molar-refractivity contribution >= 4 is 12.1 Å². The quantitative estimate of drug-likeness (QED) is 0.386. The highest BCUT2D eigenvalue weighted by atomic mass is 16.5. The number of anilines is 1. The Hall–Kier alpha value is -2.57. The van der Waals surface area contributed by atoms with Gasteiger partial charge < -0.3 is 25.6 Å². The minimum atomic E-state index is -0.568. The van der Waals surface area contributed by atoms with Gasteiger partial charge in [-0.1, -0.05) is 18.2 Å². The molecule has 2 rings (SSSR count). The molecule has 0 saturated carbocycles. The highest BCUT2D eigenvalue weighted by molar-refractivity contribution is 5.75. The number of carbonyl (C=O) groups excluding carboxylic acids is 1. The molecular weight excluding hydrogens is 332 g/mol. The molecule has 0 heterocycles. The third-order valence-electron chi connectivity index (χ3n) is 4.15. The molecule has 2 aromatic carbocycles. The van der Waals surface area contributed by atoms with Crippen molar-refractivity contribution in [2.75, 3.05) is 19.0 Å². The van der Waals surface area contributed by atoms with E-state index in [9.17, 15) is 15.0 Å². The number of hydrogen-bond donors (Lipinski definition) is 4. The molecule has 0 aliphatic heterocycles. The number of phenolic OH excluding ortho intramolecular Hbond substituents is 1. The lowest BCUT2D eigenvalue weighted by Crippen LogP contribution is -2.35. The normalized spacial score (nSPS) is 13.0. The molecule has 4 N–H and O–H groups in total. The molecule has 140 valence electrons. The third-order valence-corrected chi connectivity index (χ3v) is 4.15. The first-order chi connectivity index (χ1) is 12.5. The Labute approximate surface area is 153 Å². The van der Waals surface area contributed by atoms with Crippen LogP contribution < -0.4 is 15.4 Å². The van der Waals surface area contributed by atoms with Crippen LogP contribution >= 0.6 is 0 Å². The summed E-state index contributed by atoms with van der Waals surface area (Å²) in [5.74, 6) is 0.837. The number of phenols is 1. The largest absolute Gasteiger partial charge is 0.506 e. The first-order valence-corrected chi connectivity index (χ1v) is 8.58. The molecule has 0 bridgehead atoms. The zero-order valence-corrected chi connectivity index (χ0v) is 15.1. The molecule has 0 fully saturated rings. The molecule has 2 unspecified atom stereocenters. The summed E-state index contributed by atoms with van der Waals surface area (Å²) in [5.41, 5.74) is 2.37. The van der Waals surface area contributed by atoms with Crippen LogP contribution in [0.25, 0.3) is 0 Å². The van der Waals surface area contributed by atoms with Crippen LogP contribution in [0.5, 0.6) is 11.5 Å². The van der Waals surface area contributed by atoms with E-state index >= 15 is 0 Å². The lowest BCUT2D eigenvalue weighted by atomic mass is 10.0. The summed E-state index contributed by atoms with van der Waals surface area (Å²) >= 11 is 0. The maximum atomic E-state index is 10.5. The number of aliphatic hydroxyl groups is 1. The summed E-state index contributed by atoms with van der Waals surface area (Å²) in [5, 5.41) is 25.7. The van der Waals surface area contributed by atoms with Crippen LogP contribution in [0.2, 0.25) is 0 Å². The maximum Gasteiger partial charge on any atom is 0.211 e. The Balaban J connectivity index is 1.81. The summed E-state index contributed by atoms with van der Waals surface area (Å²) in [7, 11) is 1.65. The van der Waals surface area contributed by atoms with Gasteiger partial charge in [0.15, 0.2) is 0 Å². The molecular formula is C20H26N2O4. The Morgan fingerprint density at radius 1 is 1.12 bits per heavy atom. The van der Waals surface area contributed by atoms with Gasteiger partial charge in [0.2, 0.25) is 6.41 Å². The SMILES string of the molecule is COc1ccc(CC(C)NCC(O)Cc2ccc(O)c(NC=O)c2)cc1. The van der Waals surface area contributed by atoms with Crippen LogP contribution in [0, 0.1) is 0 Å². The summed E-state index contributed by atoms with van der Waals surface area (Å²) in [6.07, 6.45) is 1.22. The number of aliphatic hydroxyl groups excluding tert-OH is 1. The Bertz CT molecular complexity index is 703. The average molecular weight is 358 g/mol. The molecule has 0 saturated heterocycles. The molecule has 0 spiro atoms. The Kier molecular flexibility index (Phi) is 7.44. The van der Waals surface area contributed by atoms with Crippen LogP contribution in [0.4, 0.5) is 5.69 Å². The molecule has 1 amide bonds. The van der Waals surface area contributed by atoms with Crippen molar-refractivity contribution < 1.29 is 19.7 Å². The third kappa shape index (κ3) is 6.06. The molecule has 26 heavy (non-hydrogen) atoms. The number of rotatable bonds is 10. The number of hydrogen-bond acceptors (Lipinski definition) is 5. The predicted molar refractivity (Wildman–Crippen MR) is 102 cm³/mol. The highest BCUT2D eigenvalue weighted by Crippen LogP contribution is 2.24. The predicted octanol–water partition coefficient (Wildman–Crippen LogP) is 2.09. The molecule has 2 aromatic rings. The van der Waals surface area contributed by atoms with Crippen molar-refractivity contribution in [3.63, 3.8) is 0 Å². The van der Waals surface area contributed by atoms with E-state index in [2.05, 4.69) is 17.6 Å². The first-order valence-electron chi connectivity index (χ1n) is 8.58. The fraction of sp³-hybridized carbons (Fsp3) is 0.350. The Morgan fingerprint density at radius 3 is 2.46 bits per heavy atom. The van der Waals surface area contributed by atoms with E-state index in [1.165, 1.54) is 11.6 Å². The number of aromatic hydroxyl groups is 1. The van der Waals surface area contributed by atoms with Crippen LogP contribution in [0.1, 0.15) is 18.1 Å². The number of nitrogens with one attached hydrogen (secondary N) is 2. The smallest absolute Gasteiger partial charge is 0.211 e. The van der Waals surface area contributed by atoms with Crippen molar-refractivity contribution in [1.29, 1.82) is 0 Å². The number of carbonyl (C=O) groups is 1. The number of methoxy groups -OCH3 is 1. The van der Waals surface area contributed by atoms with Gasteiger partial charge in [-0.2, -0.15) is 0 Å². The van der Waals surface area contributed by atoms with E-state index in [-0.39, 0.29) is 11.8 Å².